The van der Waals surface area contributed by atoms with E-state index in [1.807, 2.05) is 27.7 Å². The molecule has 1 aliphatic rings. The van der Waals surface area contributed by atoms with Crippen molar-refractivity contribution < 1.29 is 14.3 Å². The number of amides is 1. The van der Waals surface area contributed by atoms with Gasteiger partial charge < -0.3 is 14.8 Å². The minimum absolute atomic E-state index is 0.0130. The van der Waals surface area contributed by atoms with Crippen molar-refractivity contribution in [1.29, 1.82) is 0 Å². The molecular weight excluding hydrogens is 459 g/mol. The van der Waals surface area contributed by atoms with Gasteiger partial charge in [0.2, 0.25) is 5.88 Å². The van der Waals surface area contributed by atoms with Gasteiger partial charge >= 0.3 is 6.09 Å². The van der Waals surface area contributed by atoms with E-state index in [1.54, 1.807) is 16.9 Å². The highest BCUT2D eigenvalue weighted by molar-refractivity contribution is 14.1. The molecule has 1 saturated carbocycles. The molecule has 2 aromatic rings. The van der Waals surface area contributed by atoms with Crippen LogP contribution in [0.1, 0.15) is 40.5 Å². The van der Waals surface area contributed by atoms with Crippen LogP contribution in [-0.2, 0) is 4.74 Å². The zero-order valence-electron chi connectivity index (χ0n) is 14.5. The lowest BCUT2D eigenvalue weighted by Gasteiger charge is -2.44. The third-order valence-electron chi connectivity index (χ3n) is 3.81. The minimum atomic E-state index is -0.511. The van der Waals surface area contributed by atoms with Gasteiger partial charge in [0.05, 0.1) is 16.0 Å². The molecule has 0 saturated heterocycles. The molecule has 0 radical (unpaired) electrons. The highest BCUT2D eigenvalue weighted by Gasteiger charge is 2.44. The molecule has 0 atom stereocenters. The van der Waals surface area contributed by atoms with Crippen LogP contribution in [0.15, 0.2) is 12.4 Å². The Hall–Kier alpha value is -1.29. The maximum Gasteiger partial charge on any atom is 0.407 e. The van der Waals surface area contributed by atoms with Gasteiger partial charge in [-0.15, -0.1) is 0 Å². The summed E-state index contributed by atoms with van der Waals surface area (Å²) in [7, 11) is 0. The topological polar surface area (TPSA) is 77.8 Å². The summed E-state index contributed by atoms with van der Waals surface area (Å²) in [5, 5.41) is 7.41. The van der Waals surface area contributed by atoms with Crippen LogP contribution in [0.2, 0.25) is 5.15 Å². The fourth-order valence-corrected chi connectivity index (χ4v) is 3.64. The second kappa shape index (κ2) is 6.46. The Morgan fingerprint density at radius 1 is 1.48 bits per heavy atom. The molecule has 1 aliphatic carbocycles. The van der Waals surface area contributed by atoms with Gasteiger partial charge in [0.25, 0.3) is 0 Å². The largest absolute Gasteiger partial charge is 0.470 e. The first kappa shape index (κ1) is 18.5. The van der Waals surface area contributed by atoms with E-state index in [0.29, 0.717) is 23.9 Å². The quantitative estimate of drug-likeness (QED) is 0.679. The van der Waals surface area contributed by atoms with E-state index in [-0.39, 0.29) is 6.04 Å². The zero-order chi connectivity index (χ0) is 18.4. The van der Waals surface area contributed by atoms with Crippen LogP contribution < -0.4 is 10.1 Å². The highest BCUT2D eigenvalue weighted by atomic mass is 127. The number of halogens is 2. The Morgan fingerprint density at radius 2 is 2.16 bits per heavy atom. The summed E-state index contributed by atoms with van der Waals surface area (Å²) in [4.78, 5) is 16.1. The highest BCUT2D eigenvalue weighted by Crippen LogP contribution is 2.38. The normalized spacial score (nSPS) is 23.2. The molecule has 0 aliphatic heterocycles. The molecule has 2 aromatic heterocycles. The van der Waals surface area contributed by atoms with Gasteiger partial charge in [0, 0.05) is 18.9 Å². The van der Waals surface area contributed by atoms with Crippen LogP contribution in [0, 0.1) is 3.57 Å². The average molecular weight is 479 g/mol. The maximum atomic E-state index is 11.8. The van der Waals surface area contributed by atoms with Gasteiger partial charge in [-0.1, -0.05) is 11.6 Å². The van der Waals surface area contributed by atoms with Crippen molar-refractivity contribution in [2.45, 2.75) is 57.8 Å². The van der Waals surface area contributed by atoms with Crippen molar-refractivity contribution in [2.75, 3.05) is 0 Å². The molecule has 0 unspecified atom stereocenters. The molecule has 3 rings (SSSR count). The van der Waals surface area contributed by atoms with Crippen molar-refractivity contribution in [3.63, 3.8) is 0 Å². The number of nitrogens with zero attached hydrogens (tertiary/aromatic N) is 3. The molecule has 0 spiro atoms. The summed E-state index contributed by atoms with van der Waals surface area (Å²) >= 11 is 8.24. The number of carbonyl (C=O) groups excluding carboxylic acids is 1. The number of alkyl carbamates (subject to hydrolysis) is 1. The first-order chi connectivity index (χ1) is 11.5. The first-order valence-corrected chi connectivity index (χ1v) is 9.38. The lowest BCUT2D eigenvalue weighted by Crippen LogP contribution is -2.57. The van der Waals surface area contributed by atoms with E-state index < -0.39 is 17.3 Å². The number of carbonyl (C=O) groups is 1. The smallest absolute Gasteiger partial charge is 0.407 e. The Morgan fingerprint density at radius 3 is 2.80 bits per heavy atom. The van der Waals surface area contributed by atoms with Gasteiger partial charge in [-0.2, -0.15) is 10.1 Å². The molecule has 25 heavy (non-hydrogen) atoms. The van der Waals surface area contributed by atoms with E-state index in [9.17, 15) is 4.79 Å². The van der Waals surface area contributed by atoms with Gasteiger partial charge in [0.1, 0.15) is 16.7 Å². The van der Waals surface area contributed by atoms with Crippen LogP contribution in [0.4, 0.5) is 4.79 Å². The predicted octanol–water partition coefficient (Wildman–Crippen LogP) is 3.81. The van der Waals surface area contributed by atoms with E-state index in [1.165, 1.54) is 0 Å². The van der Waals surface area contributed by atoms with Gasteiger partial charge in [0.15, 0.2) is 5.15 Å². The Labute approximate surface area is 164 Å². The lowest BCUT2D eigenvalue weighted by molar-refractivity contribution is -0.0217. The molecule has 7 nitrogen and oxygen atoms in total. The maximum absolute atomic E-state index is 11.8. The molecule has 0 aromatic carbocycles. The van der Waals surface area contributed by atoms with Gasteiger partial charge in [-0.3, -0.25) is 0 Å². The molecule has 0 bridgehead atoms. The van der Waals surface area contributed by atoms with Crippen LogP contribution >= 0.6 is 34.2 Å². The summed E-state index contributed by atoms with van der Waals surface area (Å²) in [6.07, 6.45) is 4.29. The predicted molar refractivity (Wildman–Crippen MR) is 102 cm³/mol. The summed E-state index contributed by atoms with van der Waals surface area (Å²) in [5.41, 5.74) is -0.150. The number of nitrogens with one attached hydrogen (secondary N) is 1. The monoisotopic (exact) mass is 478 g/mol. The van der Waals surface area contributed by atoms with E-state index >= 15 is 0 Å². The lowest BCUT2D eigenvalue weighted by atomic mass is 9.77. The molecule has 1 N–H and O–H groups in total. The number of hydrogen-bond donors (Lipinski definition) is 1. The van der Waals surface area contributed by atoms with E-state index in [2.05, 4.69) is 38.0 Å². The molecule has 1 amide bonds. The minimum Gasteiger partial charge on any atom is -0.470 e. The fourth-order valence-electron chi connectivity index (χ4n) is 2.87. The fraction of sp³-hybridized carbons (Fsp3) is 0.562. The SMILES string of the molecule is CC(C)(C)OC(=O)NC1CC(C)(Oc2nc(Cl)cn3ncc(I)c23)C1. The summed E-state index contributed by atoms with van der Waals surface area (Å²) in [5.74, 6) is 0.451. The molecule has 9 heteroatoms. The second-order valence-corrected chi connectivity index (χ2v) is 9.01. The van der Waals surface area contributed by atoms with Gasteiger partial charge in [-0.25, -0.2) is 9.31 Å². The Balaban J connectivity index is 1.66. The summed E-state index contributed by atoms with van der Waals surface area (Å²) < 4.78 is 14.0. The number of rotatable bonds is 3. The van der Waals surface area contributed by atoms with Crippen LogP contribution in [-0.4, -0.2) is 37.9 Å². The third-order valence-corrected chi connectivity index (χ3v) is 4.78. The van der Waals surface area contributed by atoms with E-state index in [0.717, 1.165) is 9.09 Å². The molecule has 2 heterocycles. The summed E-state index contributed by atoms with van der Waals surface area (Å²) in [6.45, 7) is 7.50. The van der Waals surface area contributed by atoms with Gasteiger partial charge in [-0.05, 0) is 50.3 Å². The number of ether oxygens (including phenoxy) is 2. The Bertz CT molecular complexity index is 812. The van der Waals surface area contributed by atoms with Crippen molar-refractivity contribution in [3.8, 4) is 5.88 Å². The van der Waals surface area contributed by atoms with Crippen LogP contribution in [0.5, 0.6) is 5.88 Å². The van der Waals surface area contributed by atoms with Crippen molar-refractivity contribution in [1.82, 2.24) is 19.9 Å². The van der Waals surface area contributed by atoms with Crippen molar-refractivity contribution >= 4 is 45.8 Å². The summed E-state index contributed by atoms with van der Waals surface area (Å²) in [6, 6.07) is 0.0130. The van der Waals surface area contributed by atoms with Crippen LogP contribution in [0.25, 0.3) is 5.52 Å². The molecule has 136 valence electrons. The second-order valence-electron chi connectivity index (χ2n) is 7.46. The standard InChI is InChI=1S/C16H20ClIN4O3/c1-15(2,3)25-14(23)20-9-5-16(4,6-9)24-13-12-10(18)7-19-22(12)8-11(17)21-13/h7-9H,5-6H2,1-4H3,(H,20,23). The Kier molecular flexibility index (Phi) is 4.78. The van der Waals surface area contributed by atoms with E-state index in [4.69, 9.17) is 21.1 Å². The molecular formula is C16H20ClIN4O3. The van der Waals surface area contributed by atoms with Crippen molar-refractivity contribution in [2.24, 2.45) is 0 Å². The number of hydrogen-bond acceptors (Lipinski definition) is 5. The number of fused-ring (bicyclic) bond motifs is 1. The third kappa shape index (κ3) is 4.28. The number of aromatic nitrogens is 3. The molecule has 1 fully saturated rings. The average Bonchev–Trinajstić information content (AvgIpc) is 2.76. The zero-order valence-corrected chi connectivity index (χ0v) is 17.4. The van der Waals surface area contributed by atoms with Crippen LogP contribution in [0.3, 0.4) is 0 Å². The first-order valence-electron chi connectivity index (χ1n) is 7.93. The van der Waals surface area contributed by atoms with Crippen molar-refractivity contribution in [3.05, 3.63) is 21.1 Å².